The smallest absolute Gasteiger partial charge is 0.269 e. The van der Waals surface area contributed by atoms with E-state index >= 15 is 0 Å². The number of fused-ring (bicyclic) bond motifs is 1. The first-order valence-electron chi connectivity index (χ1n) is 7.61. The standard InChI is InChI=1S/C18H14ClN3O2S2/c1-20-16(23)10-6-8-11(9-7-10)21-18(25)22-17(24)15-14(19)12-4-2-3-5-13(12)26-15/h2-9H,1H3,(H,20,23)(H2,21,22,24,25). The molecule has 1 aromatic heterocycles. The van der Waals surface area contributed by atoms with Crippen LogP contribution in [0, 0.1) is 0 Å². The summed E-state index contributed by atoms with van der Waals surface area (Å²) in [6.07, 6.45) is 0. The zero-order valence-electron chi connectivity index (χ0n) is 13.6. The molecular weight excluding hydrogens is 390 g/mol. The van der Waals surface area contributed by atoms with Gasteiger partial charge in [0, 0.05) is 28.4 Å². The summed E-state index contributed by atoms with van der Waals surface area (Å²) in [5.41, 5.74) is 1.19. The van der Waals surface area contributed by atoms with Crippen LogP contribution in [0.2, 0.25) is 5.02 Å². The molecule has 0 saturated carbocycles. The molecule has 0 aliphatic heterocycles. The van der Waals surface area contributed by atoms with Gasteiger partial charge < -0.3 is 10.6 Å². The van der Waals surface area contributed by atoms with E-state index in [1.807, 2.05) is 24.3 Å². The quantitative estimate of drug-likeness (QED) is 0.577. The van der Waals surface area contributed by atoms with Crippen LogP contribution >= 0.6 is 35.2 Å². The summed E-state index contributed by atoms with van der Waals surface area (Å²) >= 11 is 12.8. The van der Waals surface area contributed by atoms with Crippen LogP contribution in [0.5, 0.6) is 0 Å². The molecule has 2 amide bonds. The molecule has 8 heteroatoms. The van der Waals surface area contributed by atoms with Crippen molar-refractivity contribution in [1.29, 1.82) is 0 Å². The third-order valence-corrected chi connectivity index (χ3v) is 5.48. The van der Waals surface area contributed by atoms with E-state index in [2.05, 4.69) is 16.0 Å². The van der Waals surface area contributed by atoms with Crippen molar-refractivity contribution in [3.63, 3.8) is 0 Å². The van der Waals surface area contributed by atoms with E-state index in [9.17, 15) is 9.59 Å². The number of carbonyl (C=O) groups is 2. The molecule has 5 nitrogen and oxygen atoms in total. The van der Waals surface area contributed by atoms with Gasteiger partial charge in [0.05, 0.1) is 5.02 Å². The second-order valence-corrected chi connectivity index (χ2v) is 7.14. The molecule has 3 rings (SSSR count). The summed E-state index contributed by atoms with van der Waals surface area (Å²) in [7, 11) is 1.57. The van der Waals surface area contributed by atoms with Crippen molar-refractivity contribution in [2.45, 2.75) is 0 Å². The van der Waals surface area contributed by atoms with Gasteiger partial charge in [0.1, 0.15) is 4.88 Å². The normalized spacial score (nSPS) is 10.4. The number of carbonyl (C=O) groups excluding carboxylic acids is 2. The minimum Gasteiger partial charge on any atom is -0.355 e. The van der Waals surface area contributed by atoms with E-state index in [-0.39, 0.29) is 16.9 Å². The summed E-state index contributed by atoms with van der Waals surface area (Å²) in [4.78, 5) is 24.4. The molecule has 0 spiro atoms. The van der Waals surface area contributed by atoms with Crippen molar-refractivity contribution in [2.24, 2.45) is 0 Å². The summed E-state index contributed by atoms with van der Waals surface area (Å²) in [6, 6.07) is 14.3. The number of nitrogens with one attached hydrogen (secondary N) is 3. The Labute approximate surface area is 164 Å². The van der Waals surface area contributed by atoms with Gasteiger partial charge in [-0.15, -0.1) is 11.3 Å². The molecule has 1 heterocycles. The minimum atomic E-state index is -0.365. The summed E-state index contributed by atoms with van der Waals surface area (Å²) in [5.74, 6) is -0.539. The lowest BCUT2D eigenvalue weighted by Gasteiger charge is -2.09. The molecule has 2 aromatic carbocycles. The molecule has 0 radical (unpaired) electrons. The van der Waals surface area contributed by atoms with Crippen molar-refractivity contribution in [3.05, 3.63) is 64.0 Å². The molecule has 0 atom stereocenters. The maximum atomic E-state index is 12.5. The second-order valence-electron chi connectivity index (χ2n) is 5.31. The third-order valence-electron chi connectivity index (χ3n) is 3.60. The largest absolute Gasteiger partial charge is 0.355 e. The van der Waals surface area contributed by atoms with Crippen LogP contribution in [0.1, 0.15) is 20.0 Å². The minimum absolute atomic E-state index is 0.149. The van der Waals surface area contributed by atoms with Gasteiger partial charge in [-0.05, 0) is 42.5 Å². The number of hydrogen-bond acceptors (Lipinski definition) is 4. The van der Waals surface area contributed by atoms with Crippen LogP contribution in [0.15, 0.2) is 48.5 Å². The van der Waals surface area contributed by atoms with Crippen LogP contribution < -0.4 is 16.0 Å². The van der Waals surface area contributed by atoms with Gasteiger partial charge in [-0.2, -0.15) is 0 Å². The van der Waals surface area contributed by atoms with Crippen molar-refractivity contribution >= 4 is 67.9 Å². The molecular formula is C18H14ClN3O2S2. The van der Waals surface area contributed by atoms with Crippen molar-refractivity contribution in [2.75, 3.05) is 12.4 Å². The topological polar surface area (TPSA) is 70.2 Å². The van der Waals surface area contributed by atoms with Crippen molar-refractivity contribution in [1.82, 2.24) is 10.6 Å². The van der Waals surface area contributed by atoms with E-state index in [0.717, 1.165) is 10.1 Å². The lowest BCUT2D eigenvalue weighted by atomic mass is 10.2. The highest BCUT2D eigenvalue weighted by molar-refractivity contribution is 7.80. The third kappa shape index (κ3) is 3.85. The lowest BCUT2D eigenvalue weighted by molar-refractivity contribution is 0.0960. The second kappa shape index (κ2) is 7.82. The fourth-order valence-corrected chi connectivity index (χ4v) is 3.95. The summed E-state index contributed by atoms with van der Waals surface area (Å²) < 4.78 is 0.936. The Bertz CT molecular complexity index is 999. The number of hydrogen-bond donors (Lipinski definition) is 3. The van der Waals surface area contributed by atoms with Crippen LogP contribution in [-0.4, -0.2) is 24.0 Å². The number of benzene rings is 2. The number of thiocarbonyl (C=S) groups is 1. The van der Waals surface area contributed by atoms with Crippen LogP contribution in [0.4, 0.5) is 5.69 Å². The molecule has 26 heavy (non-hydrogen) atoms. The molecule has 0 saturated heterocycles. The fraction of sp³-hybridized carbons (Fsp3) is 0.0556. The Morgan fingerprint density at radius 1 is 1.04 bits per heavy atom. The number of amides is 2. The predicted molar refractivity (Wildman–Crippen MR) is 110 cm³/mol. The van der Waals surface area contributed by atoms with Gasteiger partial charge in [-0.3, -0.25) is 14.9 Å². The lowest BCUT2D eigenvalue weighted by Crippen LogP contribution is -2.33. The van der Waals surface area contributed by atoms with Crippen LogP contribution in [0.25, 0.3) is 10.1 Å². The molecule has 132 valence electrons. The number of thiophene rings is 1. The average Bonchev–Trinajstić information content (AvgIpc) is 2.99. The van der Waals surface area contributed by atoms with E-state index in [0.29, 0.717) is 21.2 Å². The Morgan fingerprint density at radius 2 is 1.73 bits per heavy atom. The zero-order chi connectivity index (χ0) is 18.7. The highest BCUT2D eigenvalue weighted by Crippen LogP contribution is 2.34. The first kappa shape index (κ1) is 18.3. The molecule has 0 aliphatic carbocycles. The highest BCUT2D eigenvalue weighted by Gasteiger charge is 2.17. The van der Waals surface area contributed by atoms with Gasteiger partial charge >= 0.3 is 0 Å². The monoisotopic (exact) mass is 403 g/mol. The Morgan fingerprint density at radius 3 is 2.38 bits per heavy atom. The van der Waals surface area contributed by atoms with Gasteiger partial charge in [-0.1, -0.05) is 29.8 Å². The molecule has 3 N–H and O–H groups in total. The average molecular weight is 404 g/mol. The number of anilines is 1. The van der Waals surface area contributed by atoms with Crippen LogP contribution in [-0.2, 0) is 0 Å². The fourth-order valence-electron chi connectivity index (χ4n) is 2.33. The van der Waals surface area contributed by atoms with E-state index < -0.39 is 0 Å². The summed E-state index contributed by atoms with van der Waals surface area (Å²) in [6.45, 7) is 0. The van der Waals surface area contributed by atoms with Gasteiger partial charge in [0.15, 0.2) is 5.11 Å². The van der Waals surface area contributed by atoms with Gasteiger partial charge in [0.2, 0.25) is 0 Å². The molecule has 0 unspecified atom stereocenters. The van der Waals surface area contributed by atoms with Crippen molar-refractivity contribution in [3.8, 4) is 0 Å². The van der Waals surface area contributed by atoms with Crippen molar-refractivity contribution < 1.29 is 9.59 Å². The summed E-state index contributed by atoms with van der Waals surface area (Å²) in [5, 5.41) is 9.49. The Balaban J connectivity index is 1.68. The van der Waals surface area contributed by atoms with E-state index in [1.54, 1.807) is 31.3 Å². The molecule has 3 aromatic rings. The highest BCUT2D eigenvalue weighted by atomic mass is 35.5. The van der Waals surface area contributed by atoms with E-state index in [4.69, 9.17) is 23.8 Å². The van der Waals surface area contributed by atoms with Gasteiger partial charge in [0.25, 0.3) is 11.8 Å². The first-order valence-corrected chi connectivity index (χ1v) is 9.21. The SMILES string of the molecule is CNC(=O)c1ccc(NC(=S)NC(=O)c2sc3ccccc3c2Cl)cc1. The van der Waals surface area contributed by atoms with E-state index in [1.165, 1.54) is 11.3 Å². The molecule has 0 fully saturated rings. The molecule has 0 aliphatic rings. The number of halogens is 1. The Hall–Kier alpha value is -2.48. The first-order chi connectivity index (χ1) is 12.5. The zero-order valence-corrected chi connectivity index (χ0v) is 16.0. The van der Waals surface area contributed by atoms with Crippen LogP contribution in [0.3, 0.4) is 0 Å². The maximum absolute atomic E-state index is 12.5. The van der Waals surface area contributed by atoms with Gasteiger partial charge in [-0.25, -0.2) is 0 Å². The predicted octanol–water partition coefficient (Wildman–Crippen LogP) is 4.04. The molecule has 0 bridgehead atoms. The number of rotatable bonds is 3. The Kier molecular flexibility index (Phi) is 5.51. The maximum Gasteiger partial charge on any atom is 0.269 e.